The van der Waals surface area contributed by atoms with Gasteiger partial charge in [-0.15, -0.1) is 5.10 Å². The zero-order valence-electron chi connectivity index (χ0n) is 12.3. The van der Waals surface area contributed by atoms with Crippen LogP contribution in [-0.2, 0) is 11.2 Å². The number of hydrogen-bond donors (Lipinski definition) is 0. The number of nitrogens with zero attached hydrogens (tertiary/aromatic N) is 3. The predicted octanol–water partition coefficient (Wildman–Crippen LogP) is 2.52. The maximum Gasteiger partial charge on any atom is 0.318 e. The molecule has 0 N–H and O–H groups in total. The van der Waals surface area contributed by atoms with E-state index in [9.17, 15) is 0 Å². The van der Waals surface area contributed by atoms with E-state index < -0.39 is 0 Å². The summed E-state index contributed by atoms with van der Waals surface area (Å²) in [5, 5.41) is 8.24. The lowest BCUT2D eigenvalue weighted by molar-refractivity contribution is 0.119. The Bertz CT molecular complexity index is 373. The third-order valence-electron chi connectivity index (χ3n) is 3.96. The lowest BCUT2D eigenvalue weighted by Crippen LogP contribution is -2.36. The summed E-state index contributed by atoms with van der Waals surface area (Å²) in [5.41, 5.74) is 0. The summed E-state index contributed by atoms with van der Waals surface area (Å²) < 4.78 is 10.9. The minimum atomic E-state index is 0.630. The first kappa shape index (κ1) is 14.3. The quantitative estimate of drug-likeness (QED) is 0.792. The number of hydrogen-bond acceptors (Lipinski definition) is 5. The normalized spacial score (nSPS) is 18.8. The largest absolute Gasteiger partial charge is 0.408 e. The molecule has 2 heterocycles. The molecule has 1 aromatic heterocycles. The highest BCUT2D eigenvalue weighted by molar-refractivity contribution is 5.24. The summed E-state index contributed by atoms with van der Waals surface area (Å²) in [5.74, 6) is 2.13. The van der Waals surface area contributed by atoms with Crippen molar-refractivity contribution in [3.63, 3.8) is 0 Å². The summed E-state index contributed by atoms with van der Waals surface area (Å²) in [4.78, 5) is 2.21. The van der Waals surface area contributed by atoms with E-state index in [0.717, 1.165) is 44.3 Å². The van der Waals surface area contributed by atoms with E-state index in [0.29, 0.717) is 11.9 Å². The van der Waals surface area contributed by atoms with Crippen LogP contribution in [0.2, 0.25) is 0 Å². The van der Waals surface area contributed by atoms with Crippen molar-refractivity contribution in [3.05, 3.63) is 5.89 Å². The number of methoxy groups -OCH3 is 1. The van der Waals surface area contributed by atoms with Gasteiger partial charge in [-0.1, -0.05) is 18.9 Å². The van der Waals surface area contributed by atoms with Crippen molar-refractivity contribution in [2.24, 2.45) is 11.8 Å². The van der Waals surface area contributed by atoms with Gasteiger partial charge in [0.2, 0.25) is 5.89 Å². The molecule has 1 saturated heterocycles. The van der Waals surface area contributed by atoms with Crippen LogP contribution < -0.4 is 4.90 Å². The topological polar surface area (TPSA) is 51.4 Å². The number of aryl methyl sites for hydroxylation is 1. The molecule has 5 heteroatoms. The minimum Gasteiger partial charge on any atom is -0.408 e. The van der Waals surface area contributed by atoms with Crippen molar-refractivity contribution in [2.75, 3.05) is 31.7 Å². The van der Waals surface area contributed by atoms with Crippen LogP contribution in [0, 0.1) is 11.8 Å². The van der Waals surface area contributed by atoms with E-state index in [4.69, 9.17) is 9.15 Å². The maximum absolute atomic E-state index is 5.69. The second-order valence-electron chi connectivity index (χ2n) is 5.49. The first-order valence-corrected chi connectivity index (χ1v) is 7.30. The molecule has 108 valence electrons. The highest BCUT2D eigenvalue weighted by Crippen LogP contribution is 2.27. The first-order valence-electron chi connectivity index (χ1n) is 7.30. The highest BCUT2D eigenvalue weighted by atomic mass is 16.5. The summed E-state index contributed by atoms with van der Waals surface area (Å²) in [6.45, 7) is 7.26. The van der Waals surface area contributed by atoms with Gasteiger partial charge in [0.15, 0.2) is 0 Å². The van der Waals surface area contributed by atoms with Crippen molar-refractivity contribution < 1.29 is 9.15 Å². The van der Waals surface area contributed by atoms with Gasteiger partial charge in [-0.2, -0.15) is 0 Å². The van der Waals surface area contributed by atoms with E-state index in [-0.39, 0.29) is 0 Å². The molecule has 0 aromatic carbocycles. The molecular weight excluding hydrogens is 242 g/mol. The smallest absolute Gasteiger partial charge is 0.318 e. The first-order chi connectivity index (χ1) is 9.24. The number of anilines is 1. The fraction of sp³-hybridized carbons (Fsp3) is 0.857. The van der Waals surface area contributed by atoms with Crippen LogP contribution in [0.3, 0.4) is 0 Å². The van der Waals surface area contributed by atoms with Gasteiger partial charge in [0.1, 0.15) is 0 Å². The van der Waals surface area contributed by atoms with Gasteiger partial charge < -0.3 is 14.1 Å². The Hall–Kier alpha value is -1.10. The summed E-state index contributed by atoms with van der Waals surface area (Å²) in [6.07, 6.45) is 4.26. The number of ether oxygens (including phenoxy) is 1. The van der Waals surface area contributed by atoms with E-state index >= 15 is 0 Å². The summed E-state index contributed by atoms with van der Waals surface area (Å²) >= 11 is 0. The van der Waals surface area contributed by atoms with Gasteiger partial charge in [-0.25, -0.2) is 0 Å². The minimum absolute atomic E-state index is 0.630. The monoisotopic (exact) mass is 267 g/mol. The molecule has 1 fully saturated rings. The van der Waals surface area contributed by atoms with Crippen LogP contribution in [0.25, 0.3) is 0 Å². The molecule has 5 nitrogen and oxygen atoms in total. The molecule has 0 saturated carbocycles. The van der Waals surface area contributed by atoms with Crippen molar-refractivity contribution >= 4 is 6.01 Å². The molecule has 1 aromatic rings. The van der Waals surface area contributed by atoms with Crippen LogP contribution in [0.15, 0.2) is 4.42 Å². The maximum atomic E-state index is 5.69. The Morgan fingerprint density at radius 3 is 2.74 bits per heavy atom. The Morgan fingerprint density at radius 2 is 2.11 bits per heavy atom. The van der Waals surface area contributed by atoms with Gasteiger partial charge in [-0.05, 0) is 31.1 Å². The fourth-order valence-electron chi connectivity index (χ4n) is 2.75. The lowest BCUT2D eigenvalue weighted by atomic mass is 9.86. The second-order valence-corrected chi connectivity index (χ2v) is 5.49. The van der Waals surface area contributed by atoms with Crippen molar-refractivity contribution in [2.45, 2.75) is 39.5 Å². The van der Waals surface area contributed by atoms with E-state index in [1.807, 2.05) is 0 Å². The molecular formula is C14H25N3O2. The Kier molecular flexibility index (Phi) is 5.19. The van der Waals surface area contributed by atoms with Crippen LogP contribution in [0.4, 0.5) is 6.01 Å². The fourth-order valence-corrected chi connectivity index (χ4v) is 2.75. The van der Waals surface area contributed by atoms with Crippen molar-refractivity contribution in [1.29, 1.82) is 0 Å². The number of piperidine rings is 1. The SMILES string of the molecule is CCCc1nnc(N2CCC([C@H](C)COC)CC2)o1. The number of aromatic nitrogens is 2. The van der Waals surface area contributed by atoms with Gasteiger partial charge in [-0.3, -0.25) is 0 Å². The molecule has 0 amide bonds. The molecule has 0 bridgehead atoms. The van der Waals surface area contributed by atoms with E-state index in [1.54, 1.807) is 7.11 Å². The summed E-state index contributed by atoms with van der Waals surface area (Å²) in [6, 6.07) is 0.696. The van der Waals surface area contributed by atoms with Crippen molar-refractivity contribution in [3.8, 4) is 0 Å². The Morgan fingerprint density at radius 1 is 1.37 bits per heavy atom. The molecule has 2 rings (SSSR count). The zero-order valence-corrected chi connectivity index (χ0v) is 12.3. The van der Waals surface area contributed by atoms with Crippen LogP contribution in [0.5, 0.6) is 0 Å². The predicted molar refractivity (Wildman–Crippen MR) is 74.3 cm³/mol. The van der Waals surface area contributed by atoms with Crippen molar-refractivity contribution in [1.82, 2.24) is 10.2 Å². The average molecular weight is 267 g/mol. The standard InChI is InChI=1S/C14H25N3O2/c1-4-5-13-15-16-14(19-13)17-8-6-12(7-9-17)11(2)10-18-3/h11-12H,4-10H2,1-3H3/t11-/m1/s1. The van der Waals surface area contributed by atoms with Gasteiger partial charge >= 0.3 is 6.01 Å². The summed E-state index contributed by atoms with van der Waals surface area (Å²) in [7, 11) is 1.78. The molecule has 0 spiro atoms. The van der Waals surface area contributed by atoms with Gasteiger partial charge in [0.25, 0.3) is 0 Å². The van der Waals surface area contributed by atoms with E-state index in [1.165, 1.54) is 12.8 Å². The third kappa shape index (κ3) is 3.69. The number of rotatable bonds is 6. The second kappa shape index (κ2) is 6.89. The van der Waals surface area contributed by atoms with Crippen LogP contribution in [0.1, 0.15) is 39.0 Å². The lowest BCUT2D eigenvalue weighted by Gasteiger charge is -2.33. The van der Waals surface area contributed by atoms with Crippen LogP contribution >= 0.6 is 0 Å². The Labute approximate surface area is 115 Å². The molecule has 1 aliphatic heterocycles. The van der Waals surface area contributed by atoms with Gasteiger partial charge in [0, 0.05) is 33.2 Å². The highest BCUT2D eigenvalue weighted by Gasteiger charge is 2.26. The molecule has 0 aliphatic carbocycles. The van der Waals surface area contributed by atoms with E-state index in [2.05, 4.69) is 28.9 Å². The molecule has 0 unspecified atom stereocenters. The molecule has 1 atom stereocenters. The zero-order chi connectivity index (χ0) is 13.7. The molecule has 19 heavy (non-hydrogen) atoms. The van der Waals surface area contributed by atoms with Gasteiger partial charge in [0.05, 0.1) is 0 Å². The Balaban J connectivity index is 1.85. The molecule has 0 radical (unpaired) electrons. The molecule has 1 aliphatic rings. The third-order valence-corrected chi connectivity index (χ3v) is 3.96. The van der Waals surface area contributed by atoms with Crippen LogP contribution in [-0.4, -0.2) is 37.0 Å². The average Bonchev–Trinajstić information content (AvgIpc) is 2.88.